The van der Waals surface area contributed by atoms with E-state index in [9.17, 15) is 13.2 Å². The van der Waals surface area contributed by atoms with Crippen molar-refractivity contribution in [2.24, 2.45) is 0 Å². The molecule has 0 spiro atoms. The number of halogens is 1. The van der Waals surface area contributed by atoms with Crippen molar-refractivity contribution in [2.45, 2.75) is 11.0 Å². The van der Waals surface area contributed by atoms with Gasteiger partial charge in [0.25, 0.3) is 0 Å². The number of aliphatic hydroxyl groups excluding tert-OH is 1. The minimum Gasteiger partial charge on any atom is -0.478 e. The van der Waals surface area contributed by atoms with E-state index in [1.807, 2.05) is 0 Å². The molecular formula is C12H14ClNO6S. The maximum Gasteiger partial charge on any atom is 0.337 e. The molecule has 1 aliphatic heterocycles. The first kappa shape index (κ1) is 16.2. The van der Waals surface area contributed by atoms with Crippen LogP contribution in [-0.2, 0) is 14.8 Å². The number of carboxylic acids is 1. The first-order valence-corrected chi connectivity index (χ1v) is 7.93. The zero-order valence-corrected chi connectivity index (χ0v) is 12.5. The first-order chi connectivity index (χ1) is 9.86. The van der Waals surface area contributed by atoms with E-state index >= 15 is 0 Å². The molecule has 2 rings (SSSR count). The molecule has 1 heterocycles. The summed E-state index contributed by atoms with van der Waals surface area (Å²) in [6, 6.07) is 3.47. The van der Waals surface area contributed by atoms with Gasteiger partial charge in [-0.1, -0.05) is 11.6 Å². The molecule has 0 aliphatic carbocycles. The summed E-state index contributed by atoms with van der Waals surface area (Å²) in [5.74, 6) is -1.23. The highest BCUT2D eigenvalue weighted by atomic mass is 35.5. The van der Waals surface area contributed by atoms with Crippen molar-refractivity contribution < 1.29 is 28.2 Å². The predicted molar refractivity (Wildman–Crippen MR) is 74.0 cm³/mol. The largest absolute Gasteiger partial charge is 0.478 e. The Morgan fingerprint density at radius 2 is 2.19 bits per heavy atom. The van der Waals surface area contributed by atoms with Crippen LogP contribution in [0.2, 0.25) is 5.02 Å². The van der Waals surface area contributed by atoms with Gasteiger partial charge in [-0.3, -0.25) is 0 Å². The van der Waals surface area contributed by atoms with Crippen LogP contribution < -0.4 is 0 Å². The van der Waals surface area contributed by atoms with Crippen LogP contribution >= 0.6 is 11.6 Å². The van der Waals surface area contributed by atoms with E-state index in [4.69, 9.17) is 26.6 Å². The molecule has 1 unspecified atom stereocenters. The molecule has 1 atom stereocenters. The number of benzene rings is 1. The second kappa shape index (κ2) is 6.29. The number of nitrogens with zero attached hydrogens (tertiary/aromatic N) is 1. The molecule has 7 nitrogen and oxygen atoms in total. The van der Waals surface area contributed by atoms with Gasteiger partial charge in [-0.2, -0.15) is 4.31 Å². The van der Waals surface area contributed by atoms with Crippen LogP contribution in [-0.4, -0.2) is 61.3 Å². The lowest BCUT2D eigenvalue weighted by Crippen LogP contribution is -2.46. The topological polar surface area (TPSA) is 104 Å². The van der Waals surface area contributed by atoms with Crippen LogP contribution in [0, 0.1) is 0 Å². The Morgan fingerprint density at radius 1 is 1.48 bits per heavy atom. The van der Waals surface area contributed by atoms with Gasteiger partial charge < -0.3 is 14.9 Å². The highest BCUT2D eigenvalue weighted by Crippen LogP contribution is 2.24. The average molecular weight is 336 g/mol. The van der Waals surface area contributed by atoms with E-state index in [1.165, 1.54) is 10.4 Å². The lowest BCUT2D eigenvalue weighted by molar-refractivity contribution is -0.0304. The molecule has 0 saturated carbocycles. The molecule has 0 bridgehead atoms. The van der Waals surface area contributed by atoms with Crippen molar-refractivity contribution in [3.05, 3.63) is 28.8 Å². The van der Waals surface area contributed by atoms with Gasteiger partial charge in [0.1, 0.15) is 0 Å². The number of morpholine rings is 1. The first-order valence-electron chi connectivity index (χ1n) is 6.11. The Morgan fingerprint density at radius 3 is 2.76 bits per heavy atom. The summed E-state index contributed by atoms with van der Waals surface area (Å²) in [6.07, 6.45) is -0.567. The minimum absolute atomic E-state index is 0.0388. The van der Waals surface area contributed by atoms with Gasteiger partial charge >= 0.3 is 5.97 Å². The molecule has 1 aromatic carbocycles. The fourth-order valence-electron chi connectivity index (χ4n) is 2.00. The smallest absolute Gasteiger partial charge is 0.337 e. The second-order valence-corrected chi connectivity index (χ2v) is 6.83. The van der Waals surface area contributed by atoms with Crippen molar-refractivity contribution >= 4 is 27.6 Å². The molecule has 2 N–H and O–H groups in total. The summed E-state index contributed by atoms with van der Waals surface area (Å²) in [5, 5.41) is 17.8. The van der Waals surface area contributed by atoms with Gasteiger partial charge in [0, 0.05) is 13.1 Å². The third-order valence-corrected chi connectivity index (χ3v) is 5.29. The Labute approximate surface area is 126 Å². The van der Waals surface area contributed by atoms with E-state index < -0.39 is 22.1 Å². The predicted octanol–water partition coefficient (Wildman–Crippen LogP) is 0.420. The maximum atomic E-state index is 12.5. The molecule has 1 saturated heterocycles. The monoisotopic (exact) mass is 335 g/mol. The lowest BCUT2D eigenvalue weighted by atomic mass is 10.2. The van der Waals surface area contributed by atoms with E-state index in [2.05, 4.69) is 0 Å². The number of sulfonamides is 1. The quantitative estimate of drug-likeness (QED) is 0.826. The fraction of sp³-hybridized carbons (Fsp3) is 0.417. The highest BCUT2D eigenvalue weighted by molar-refractivity contribution is 7.89. The van der Waals surface area contributed by atoms with Gasteiger partial charge in [0.15, 0.2) is 0 Å². The van der Waals surface area contributed by atoms with E-state index in [1.54, 1.807) is 0 Å². The van der Waals surface area contributed by atoms with Gasteiger partial charge in [-0.25, -0.2) is 13.2 Å². The molecule has 0 amide bonds. The molecule has 0 radical (unpaired) electrons. The normalized spacial score (nSPS) is 20.4. The van der Waals surface area contributed by atoms with E-state index in [0.717, 1.165) is 12.1 Å². The van der Waals surface area contributed by atoms with Gasteiger partial charge in [-0.15, -0.1) is 0 Å². The van der Waals surface area contributed by atoms with Crippen molar-refractivity contribution in [2.75, 3.05) is 26.3 Å². The van der Waals surface area contributed by atoms with Crippen molar-refractivity contribution in [3.63, 3.8) is 0 Å². The fourth-order valence-corrected chi connectivity index (χ4v) is 3.81. The van der Waals surface area contributed by atoms with Gasteiger partial charge in [0.2, 0.25) is 10.0 Å². The van der Waals surface area contributed by atoms with Crippen LogP contribution in [0.25, 0.3) is 0 Å². The van der Waals surface area contributed by atoms with Crippen molar-refractivity contribution in [1.29, 1.82) is 0 Å². The molecule has 9 heteroatoms. The van der Waals surface area contributed by atoms with E-state index in [-0.39, 0.29) is 41.8 Å². The SMILES string of the molecule is O=C(O)c1ccc(S(=O)(=O)N2CCOC(CO)C2)cc1Cl. The number of ether oxygens (including phenoxy) is 1. The van der Waals surface area contributed by atoms with Crippen molar-refractivity contribution in [3.8, 4) is 0 Å². The van der Waals surface area contributed by atoms with Crippen LogP contribution in [0.15, 0.2) is 23.1 Å². The van der Waals surface area contributed by atoms with E-state index in [0.29, 0.717) is 0 Å². The second-order valence-electron chi connectivity index (χ2n) is 4.49. The summed E-state index contributed by atoms with van der Waals surface area (Å²) in [6.45, 7) is 0.115. The Bertz CT molecular complexity index is 647. The number of rotatable bonds is 4. The number of aliphatic hydroxyl groups is 1. The number of aromatic carboxylic acids is 1. The molecule has 0 aromatic heterocycles. The third kappa shape index (κ3) is 3.35. The van der Waals surface area contributed by atoms with Crippen LogP contribution in [0.5, 0.6) is 0 Å². The summed E-state index contributed by atoms with van der Waals surface area (Å²) in [5.41, 5.74) is -0.161. The van der Waals surface area contributed by atoms with Crippen LogP contribution in [0.4, 0.5) is 0 Å². The molecule has 21 heavy (non-hydrogen) atoms. The molecule has 1 aromatic rings. The van der Waals surface area contributed by atoms with Gasteiger partial charge in [0.05, 0.1) is 34.8 Å². The molecule has 116 valence electrons. The minimum atomic E-state index is -3.81. The van der Waals surface area contributed by atoms with Crippen LogP contribution in [0.1, 0.15) is 10.4 Å². The van der Waals surface area contributed by atoms with Crippen LogP contribution in [0.3, 0.4) is 0 Å². The average Bonchev–Trinajstić information content (AvgIpc) is 2.46. The molecular weight excluding hydrogens is 322 g/mol. The molecule has 1 fully saturated rings. The maximum absolute atomic E-state index is 12.5. The molecule has 1 aliphatic rings. The Balaban J connectivity index is 2.31. The summed E-state index contributed by atoms with van der Waals surface area (Å²) in [7, 11) is -3.81. The number of carbonyl (C=O) groups is 1. The Kier molecular flexibility index (Phi) is 4.84. The summed E-state index contributed by atoms with van der Waals surface area (Å²) >= 11 is 5.80. The van der Waals surface area contributed by atoms with Crippen molar-refractivity contribution in [1.82, 2.24) is 4.31 Å². The zero-order chi connectivity index (χ0) is 15.6. The number of carboxylic acid groups (broad SMARTS) is 1. The third-order valence-electron chi connectivity index (χ3n) is 3.11. The number of hydrogen-bond acceptors (Lipinski definition) is 5. The summed E-state index contributed by atoms with van der Waals surface area (Å²) < 4.78 is 31.3. The standard InChI is InChI=1S/C12H14ClNO6S/c13-11-5-9(1-2-10(11)12(16)17)21(18,19)14-3-4-20-8(6-14)7-15/h1-2,5,8,15H,3-4,6-7H2,(H,16,17). The zero-order valence-electron chi connectivity index (χ0n) is 10.9. The summed E-state index contributed by atoms with van der Waals surface area (Å²) in [4.78, 5) is 10.8. The van der Waals surface area contributed by atoms with Gasteiger partial charge in [-0.05, 0) is 18.2 Å². The Hall–Kier alpha value is -1.19. The number of hydrogen-bond donors (Lipinski definition) is 2. The highest BCUT2D eigenvalue weighted by Gasteiger charge is 2.31. The lowest BCUT2D eigenvalue weighted by Gasteiger charge is -2.31.